The Morgan fingerprint density at radius 1 is 1.54 bits per heavy atom. The molecule has 3 nitrogen and oxygen atoms in total. The highest BCUT2D eigenvalue weighted by Gasteiger charge is 2.48. The number of hydrogen-bond donors (Lipinski definition) is 0. The first-order valence-electron chi connectivity index (χ1n) is 4.90. The summed E-state index contributed by atoms with van der Waals surface area (Å²) in [5, 5.41) is 0. The van der Waals surface area contributed by atoms with Crippen LogP contribution in [0.3, 0.4) is 0 Å². The van der Waals surface area contributed by atoms with Gasteiger partial charge in [0, 0.05) is 0 Å². The molecule has 2 rings (SSSR count). The van der Waals surface area contributed by atoms with Crippen molar-refractivity contribution in [2.45, 2.75) is 19.4 Å². The van der Waals surface area contributed by atoms with Crippen molar-refractivity contribution in [1.82, 2.24) is 0 Å². The quantitative estimate of drug-likeness (QED) is 0.392. The van der Waals surface area contributed by atoms with Gasteiger partial charge in [-0.15, -0.1) is 0 Å². The summed E-state index contributed by atoms with van der Waals surface area (Å²) in [5.74, 6) is 0.837. The Hall–Kier alpha value is 0.230. The molecule has 0 aliphatic carbocycles. The summed E-state index contributed by atoms with van der Waals surface area (Å²) in [6.07, 6.45) is 0. The van der Waals surface area contributed by atoms with E-state index in [9.17, 15) is 0 Å². The van der Waals surface area contributed by atoms with Crippen molar-refractivity contribution in [1.29, 1.82) is 0 Å². The molecule has 0 saturated carbocycles. The van der Waals surface area contributed by atoms with Crippen molar-refractivity contribution in [3.05, 3.63) is 0 Å². The summed E-state index contributed by atoms with van der Waals surface area (Å²) >= 11 is 1.91. The highest BCUT2D eigenvalue weighted by atomic mass is 32.2. The molecule has 4 heteroatoms. The molecule has 0 N–H and O–H groups in total. The van der Waals surface area contributed by atoms with E-state index in [4.69, 9.17) is 9.47 Å². The molecule has 13 heavy (non-hydrogen) atoms. The smallest absolute Gasteiger partial charge is 0.147 e. The van der Waals surface area contributed by atoms with E-state index in [0.29, 0.717) is 0 Å². The van der Waals surface area contributed by atoms with Gasteiger partial charge in [0.25, 0.3) is 0 Å². The second-order valence-corrected chi connectivity index (χ2v) is 5.42. The van der Waals surface area contributed by atoms with Gasteiger partial charge in [-0.2, -0.15) is 0 Å². The summed E-state index contributed by atoms with van der Waals surface area (Å²) in [6, 6.07) is 0. The van der Waals surface area contributed by atoms with Crippen LogP contribution in [-0.4, -0.2) is 48.3 Å². The van der Waals surface area contributed by atoms with Crippen LogP contribution in [0.25, 0.3) is 0 Å². The topological polar surface area (TPSA) is 21.8 Å². The minimum absolute atomic E-state index is 0.167. The zero-order chi connectivity index (χ0) is 9.36. The van der Waals surface area contributed by atoms with Gasteiger partial charge >= 0.3 is 0 Å². The predicted octanol–water partition coefficient (Wildman–Crippen LogP) is 1.25. The fraction of sp³-hybridized carbons (Fsp3) is 1.00. The number of ether oxygens (including phenoxy) is 2. The predicted molar refractivity (Wildman–Crippen MR) is 53.3 cm³/mol. The molecule has 2 unspecified atom stereocenters. The average Bonchev–Trinajstić information content (AvgIpc) is 2.85. The largest absolute Gasteiger partial charge is 0.364 e. The fourth-order valence-electron chi connectivity index (χ4n) is 1.81. The first-order valence-corrected chi connectivity index (χ1v) is 5.85. The van der Waals surface area contributed by atoms with Gasteiger partial charge in [0.1, 0.15) is 36.6 Å². The van der Waals surface area contributed by atoms with E-state index in [1.54, 1.807) is 0 Å². The van der Waals surface area contributed by atoms with Gasteiger partial charge in [-0.3, -0.25) is 3.89 Å². The Kier molecular flexibility index (Phi) is 2.57. The molecule has 0 aromatic heterocycles. The minimum Gasteiger partial charge on any atom is -0.364 e. The SMILES string of the molecule is CC[N+]1(CC2(C)CO2)CCOCS1. The molecule has 2 fully saturated rings. The molecule has 0 bridgehead atoms. The summed E-state index contributed by atoms with van der Waals surface area (Å²) in [4.78, 5) is 0. The van der Waals surface area contributed by atoms with E-state index in [1.165, 1.54) is 6.54 Å². The molecule has 0 aromatic carbocycles. The first-order chi connectivity index (χ1) is 6.18. The van der Waals surface area contributed by atoms with Crippen molar-refractivity contribution in [2.75, 3.05) is 38.8 Å². The molecule has 2 saturated heterocycles. The highest BCUT2D eigenvalue weighted by molar-refractivity contribution is 7.93. The minimum atomic E-state index is 0.167. The monoisotopic (exact) mass is 204 g/mol. The lowest BCUT2D eigenvalue weighted by molar-refractivity contribution is -0.801. The van der Waals surface area contributed by atoms with Gasteiger partial charge in [0.2, 0.25) is 0 Å². The van der Waals surface area contributed by atoms with E-state index >= 15 is 0 Å². The number of rotatable bonds is 3. The molecular formula is C9H18NO2S+. The number of likely N-dealkylation sites (N-methyl/N-ethyl adjacent to an activating group) is 1. The zero-order valence-corrected chi connectivity index (χ0v) is 9.23. The summed E-state index contributed by atoms with van der Waals surface area (Å²) < 4.78 is 11.9. The lowest BCUT2D eigenvalue weighted by Gasteiger charge is -2.38. The first kappa shape index (κ1) is 9.77. The maximum atomic E-state index is 5.46. The highest BCUT2D eigenvalue weighted by Crippen LogP contribution is 2.36. The third-order valence-corrected chi connectivity index (χ3v) is 4.28. The van der Waals surface area contributed by atoms with E-state index in [2.05, 4.69) is 13.8 Å². The molecule has 2 aliphatic heterocycles. The van der Waals surface area contributed by atoms with E-state index in [-0.39, 0.29) is 5.60 Å². The van der Waals surface area contributed by atoms with Crippen LogP contribution in [0.4, 0.5) is 0 Å². The Bertz CT molecular complexity index is 188. The van der Waals surface area contributed by atoms with Crippen molar-refractivity contribution >= 4 is 11.9 Å². The van der Waals surface area contributed by atoms with Crippen molar-refractivity contribution in [2.24, 2.45) is 0 Å². The molecular weight excluding hydrogens is 186 g/mol. The second kappa shape index (κ2) is 3.42. The van der Waals surface area contributed by atoms with Gasteiger partial charge in [-0.1, -0.05) is 0 Å². The molecule has 0 radical (unpaired) electrons. The fourth-order valence-corrected chi connectivity index (χ4v) is 2.98. The Morgan fingerprint density at radius 3 is 2.77 bits per heavy atom. The maximum Gasteiger partial charge on any atom is 0.147 e. The number of quaternary nitrogens is 1. The average molecular weight is 204 g/mol. The van der Waals surface area contributed by atoms with Crippen LogP contribution in [0.5, 0.6) is 0 Å². The molecule has 2 atom stereocenters. The molecule has 0 spiro atoms. The molecule has 0 amide bonds. The van der Waals surface area contributed by atoms with E-state index in [1.807, 2.05) is 11.9 Å². The van der Waals surface area contributed by atoms with Crippen LogP contribution < -0.4 is 0 Å². The van der Waals surface area contributed by atoms with Gasteiger partial charge in [-0.05, 0) is 13.8 Å². The third kappa shape index (κ3) is 2.18. The normalized spacial score (nSPS) is 44.8. The van der Waals surface area contributed by atoms with Crippen LogP contribution in [0.1, 0.15) is 13.8 Å². The standard InChI is InChI=1S/C9H18NO2S/c1-3-10(4-5-11-8-13-10)6-9(2)7-12-9/h3-8H2,1-2H3/q+1. The molecule has 0 aromatic rings. The van der Waals surface area contributed by atoms with Crippen LogP contribution >= 0.6 is 11.9 Å². The van der Waals surface area contributed by atoms with Crippen molar-refractivity contribution in [3.8, 4) is 0 Å². The van der Waals surface area contributed by atoms with E-state index in [0.717, 1.165) is 36.1 Å². The number of hydrogen-bond acceptors (Lipinski definition) is 3. The van der Waals surface area contributed by atoms with Crippen molar-refractivity contribution < 1.29 is 13.4 Å². The third-order valence-electron chi connectivity index (χ3n) is 2.89. The van der Waals surface area contributed by atoms with Crippen LogP contribution in [-0.2, 0) is 9.47 Å². The molecule has 2 heterocycles. The van der Waals surface area contributed by atoms with Gasteiger partial charge in [-0.25, -0.2) is 0 Å². The molecule has 2 aliphatic rings. The summed E-state index contributed by atoms with van der Waals surface area (Å²) in [7, 11) is 0. The van der Waals surface area contributed by atoms with Gasteiger partial charge < -0.3 is 9.47 Å². The van der Waals surface area contributed by atoms with Gasteiger partial charge in [0.15, 0.2) is 0 Å². The number of epoxide rings is 1. The summed E-state index contributed by atoms with van der Waals surface area (Å²) in [6.45, 7) is 9.73. The van der Waals surface area contributed by atoms with E-state index < -0.39 is 0 Å². The van der Waals surface area contributed by atoms with Crippen LogP contribution in [0.15, 0.2) is 0 Å². The van der Waals surface area contributed by atoms with Crippen molar-refractivity contribution in [3.63, 3.8) is 0 Å². The lowest BCUT2D eigenvalue weighted by atomic mass is 10.2. The lowest BCUT2D eigenvalue weighted by Crippen LogP contribution is -2.51. The maximum absolute atomic E-state index is 5.46. The molecule has 76 valence electrons. The summed E-state index contributed by atoms with van der Waals surface area (Å²) in [5.41, 5.74) is 0.167. The van der Waals surface area contributed by atoms with Gasteiger partial charge in [0.05, 0.1) is 19.8 Å². The van der Waals surface area contributed by atoms with Crippen LogP contribution in [0.2, 0.25) is 0 Å². The Morgan fingerprint density at radius 2 is 2.31 bits per heavy atom. The second-order valence-electron chi connectivity index (χ2n) is 4.15. The van der Waals surface area contributed by atoms with Crippen LogP contribution in [0, 0.1) is 0 Å². The Labute approximate surface area is 84.1 Å². The Balaban J connectivity index is 1.96. The zero-order valence-electron chi connectivity index (χ0n) is 8.41. The number of nitrogens with zero attached hydrogens (tertiary/aromatic N) is 1.